The van der Waals surface area contributed by atoms with Gasteiger partial charge in [0.15, 0.2) is 5.78 Å². The third kappa shape index (κ3) is 1.94. The number of ketones is 1. The summed E-state index contributed by atoms with van der Waals surface area (Å²) in [5.74, 6) is 2.12. The summed E-state index contributed by atoms with van der Waals surface area (Å²) in [7, 11) is 0. The molecule has 4 aliphatic rings. The predicted octanol–water partition coefficient (Wildman–Crippen LogP) is 4.07. The third-order valence-corrected chi connectivity index (χ3v) is 7.75. The van der Waals surface area contributed by atoms with E-state index in [1.165, 1.54) is 19.3 Å². The van der Waals surface area contributed by atoms with E-state index in [0.29, 0.717) is 11.8 Å². The Bertz CT molecular complexity index is 628. The van der Waals surface area contributed by atoms with Crippen LogP contribution in [0.5, 0.6) is 0 Å². The van der Waals surface area contributed by atoms with Gasteiger partial charge in [0.05, 0.1) is 6.10 Å². The Hall–Kier alpha value is -1.15. The summed E-state index contributed by atoms with van der Waals surface area (Å²) in [5.41, 5.74) is 1.16. The Balaban J connectivity index is 1.79. The van der Waals surface area contributed by atoms with Crippen LogP contribution in [0.25, 0.3) is 0 Å². The van der Waals surface area contributed by atoms with Crippen molar-refractivity contribution in [2.24, 2.45) is 34.5 Å². The summed E-state index contributed by atoms with van der Waals surface area (Å²) < 4.78 is 0. The molecule has 0 aromatic rings. The van der Waals surface area contributed by atoms with Crippen LogP contribution in [-0.4, -0.2) is 17.0 Å². The van der Waals surface area contributed by atoms with Crippen molar-refractivity contribution < 1.29 is 9.90 Å². The van der Waals surface area contributed by atoms with E-state index in [4.69, 9.17) is 0 Å². The molecule has 2 heteroatoms. The van der Waals surface area contributed by atoms with Crippen molar-refractivity contribution in [3.63, 3.8) is 0 Å². The van der Waals surface area contributed by atoms with Gasteiger partial charge < -0.3 is 5.11 Å². The second-order valence-corrected chi connectivity index (χ2v) is 8.65. The normalized spacial score (nSPS) is 51.0. The van der Waals surface area contributed by atoms with E-state index in [0.717, 1.165) is 17.9 Å². The Kier molecular flexibility index (Phi) is 3.29. The maximum absolute atomic E-state index is 11.8. The molecule has 2 nitrogen and oxygen atoms in total. The molecule has 0 aromatic carbocycles. The SMILES string of the molecule is CC[C@H]1CC[C@H]2[C@@H]3C=CC4=CC(=O)C=C[C@]4(C)[C@H]3C(O)C[C@]12C. The number of fused-ring (bicyclic) bond motifs is 5. The number of aliphatic hydroxyl groups is 1. The lowest BCUT2D eigenvalue weighted by atomic mass is 9.48. The molecule has 0 heterocycles. The minimum absolute atomic E-state index is 0.0719. The van der Waals surface area contributed by atoms with Crippen LogP contribution >= 0.6 is 0 Å². The number of allylic oxidation sites excluding steroid dienone is 6. The molecule has 0 aliphatic heterocycles. The molecule has 0 amide bonds. The summed E-state index contributed by atoms with van der Waals surface area (Å²) in [5, 5.41) is 11.1. The summed E-state index contributed by atoms with van der Waals surface area (Å²) in [6.45, 7) is 6.92. The van der Waals surface area contributed by atoms with Crippen LogP contribution in [0.15, 0.2) is 36.0 Å². The molecule has 4 aliphatic carbocycles. The van der Waals surface area contributed by atoms with Crippen LogP contribution in [0, 0.1) is 34.5 Å². The molecule has 2 fully saturated rings. The lowest BCUT2D eigenvalue weighted by Crippen LogP contribution is -2.54. The number of hydrogen-bond acceptors (Lipinski definition) is 2. The average molecular weight is 312 g/mol. The first-order chi connectivity index (χ1) is 10.9. The molecule has 1 unspecified atom stereocenters. The van der Waals surface area contributed by atoms with Crippen molar-refractivity contribution >= 4 is 5.78 Å². The molecule has 0 aromatic heterocycles. The van der Waals surface area contributed by atoms with Crippen molar-refractivity contribution in [1.82, 2.24) is 0 Å². The summed E-state index contributed by atoms with van der Waals surface area (Å²) in [4.78, 5) is 11.8. The fourth-order valence-electron chi connectivity index (χ4n) is 6.56. The minimum atomic E-state index is -0.287. The molecule has 0 spiro atoms. The van der Waals surface area contributed by atoms with Gasteiger partial charge in [0.25, 0.3) is 0 Å². The quantitative estimate of drug-likeness (QED) is 0.792. The van der Waals surface area contributed by atoms with E-state index in [1.807, 2.05) is 0 Å². The van der Waals surface area contributed by atoms with Gasteiger partial charge in [-0.2, -0.15) is 0 Å². The van der Waals surface area contributed by atoms with Crippen molar-refractivity contribution in [3.8, 4) is 0 Å². The Morgan fingerprint density at radius 3 is 2.78 bits per heavy atom. The van der Waals surface area contributed by atoms with Gasteiger partial charge in [-0.1, -0.05) is 45.4 Å². The van der Waals surface area contributed by atoms with Crippen molar-refractivity contribution in [1.29, 1.82) is 0 Å². The van der Waals surface area contributed by atoms with Crippen molar-refractivity contribution in [3.05, 3.63) is 36.0 Å². The van der Waals surface area contributed by atoms with Crippen LogP contribution in [0.2, 0.25) is 0 Å². The van der Waals surface area contributed by atoms with Gasteiger partial charge in [-0.25, -0.2) is 0 Å². The maximum Gasteiger partial charge on any atom is 0.178 e. The lowest BCUT2D eigenvalue weighted by molar-refractivity contribution is -0.111. The van der Waals surface area contributed by atoms with Gasteiger partial charge in [0, 0.05) is 11.3 Å². The lowest BCUT2D eigenvalue weighted by Gasteiger charge is -2.57. The molecule has 0 bridgehead atoms. The number of aliphatic hydroxyl groups excluding tert-OH is 1. The van der Waals surface area contributed by atoms with Gasteiger partial charge in [-0.3, -0.25) is 4.79 Å². The molecule has 2 saturated carbocycles. The van der Waals surface area contributed by atoms with Gasteiger partial charge >= 0.3 is 0 Å². The van der Waals surface area contributed by atoms with E-state index in [2.05, 4.69) is 39.0 Å². The largest absolute Gasteiger partial charge is 0.393 e. The number of rotatable bonds is 1. The average Bonchev–Trinajstić information content (AvgIpc) is 2.83. The first-order valence-corrected chi connectivity index (χ1v) is 9.22. The summed E-state index contributed by atoms with van der Waals surface area (Å²) in [6.07, 6.45) is 14.4. The highest BCUT2D eigenvalue weighted by Gasteiger charge is 2.60. The number of hydrogen-bond donors (Lipinski definition) is 1. The molecular formula is C21H28O2. The minimum Gasteiger partial charge on any atom is -0.393 e. The van der Waals surface area contributed by atoms with Gasteiger partial charge in [-0.05, 0) is 60.2 Å². The topological polar surface area (TPSA) is 37.3 Å². The summed E-state index contributed by atoms with van der Waals surface area (Å²) >= 11 is 0. The van der Waals surface area contributed by atoms with E-state index < -0.39 is 0 Å². The molecule has 4 rings (SSSR count). The van der Waals surface area contributed by atoms with Crippen molar-refractivity contribution in [2.75, 3.05) is 0 Å². The van der Waals surface area contributed by atoms with E-state index in [1.54, 1.807) is 12.2 Å². The van der Waals surface area contributed by atoms with Crippen LogP contribution in [0.4, 0.5) is 0 Å². The van der Waals surface area contributed by atoms with E-state index >= 15 is 0 Å². The summed E-state index contributed by atoms with van der Waals surface area (Å²) in [6, 6.07) is 0. The monoisotopic (exact) mass is 312 g/mol. The van der Waals surface area contributed by atoms with E-state index in [9.17, 15) is 9.90 Å². The Labute approximate surface area is 139 Å². The second kappa shape index (κ2) is 4.92. The van der Waals surface area contributed by atoms with Crippen LogP contribution < -0.4 is 0 Å². The Morgan fingerprint density at radius 2 is 2.04 bits per heavy atom. The molecular weight excluding hydrogens is 284 g/mol. The number of carbonyl (C=O) groups excluding carboxylic acids is 1. The second-order valence-electron chi connectivity index (χ2n) is 8.65. The van der Waals surface area contributed by atoms with E-state index in [-0.39, 0.29) is 28.6 Å². The number of carbonyl (C=O) groups is 1. The molecule has 0 saturated heterocycles. The van der Waals surface area contributed by atoms with Gasteiger partial charge in [-0.15, -0.1) is 0 Å². The first-order valence-electron chi connectivity index (χ1n) is 9.22. The third-order valence-electron chi connectivity index (χ3n) is 7.75. The zero-order valence-electron chi connectivity index (χ0n) is 14.5. The highest BCUT2D eigenvalue weighted by molar-refractivity contribution is 6.01. The molecule has 124 valence electrons. The molecule has 7 atom stereocenters. The molecule has 1 N–H and O–H groups in total. The fourth-order valence-corrected chi connectivity index (χ4v) is 6.56. The van der Waals surface area contributed by atoms with Crippen LogP contribution in [0.3, 0.4) is 0 Å². The zero-order chi connectivity index (χ0) is 16.4. The van der Waals surface area contributed by atoms with Gasteiger partial charge in [0.1, 0.15) is 0 Å². The van der Waals surface area contributed by atoms with Crippen LogP contribution in [-0.2, 0) is 4.79 Å². The highest BCUT2D eigenvalue weighted by Crippen LogP contribution is 2.64. The van der Waals surface area contributed by atoms with Crippen molar-refractivity contribution in [2.45, 2.75) is 52.6 Å². The maximum atomic E-state index is 11.8. The molecule has 23 heavy (non-hydrogen) atoms. The predicted molar refractivity (Wildman–Crippen MR) is 91.7 cm³/mol. The fraction of sp³-hybridized carbons (Fsp3) is 0.667. The zero-order valence-corrected chi connectivity index (χ0v) is 14.5. The van der Waals surface area contributed by atoms with Gasteiger partial charge in [0.2, 0.25) is 0 Å². The smallest absolute Gasteiger partial charge is 0.178 e. The molecule has 0 radical (unpaired) electrons. The highest BCUT2D eigenvalue weighted by atomic mass is 16.3. The Morgan fingerprint density at radius 1 is 1.26 bits per heavy atom. The first kappa shape index (κ1) is 15.4. The van der Waals surface area contributed by atoms with Crippen LogP contribution in [0.1, 0.15) is 46.5 Å². The standard InChI is InChI=1S/C21H28O2/c1-4-13-6-8-17-16-7-5-14-11-15(22)9-10-20(14,2)19(16)18(23)12-21(13,17)3/h5,7,9-11,13,16-19,23H,4,6,8,12H2,1-3H3/t13-,16-,17-,18?,19+,20-,21+/m0/s1.